The van der Waals surface area contributed by atoms with Crippen molar-refractivity contribution in [1.82, 2.24) is 4.90 Å². The van der Waals surface area contributed by atoms with Crippen molar-refractivity contribution < 1.29 is 24.0 Å². The second kappa shape index (κ2) is 11.4. The van der Waals surface area contributed by atoms with Crippen molar-refractivity contribution in [2.24, 2.45) is 5.92 Å². The molecular weight excluding hydrogens is 468 g/mol. The maximum Gasteiger partial charge on any atom is 0.293 e. The summed E-state index contributed by atoms with van der Waals surface area (Å²) in [5.41, 5.74) is 1.39. The number of imide groups is 1. The number of nitro benzene ring substituents is 1. The number of ether oxygens (including phenoxy) is 2. The molecule has 0 radical (unpaired) electrons. The Bertz CT molecular complexity index is 1140. The molecule has 1 saturated heterocycles. The van der Waals surface area contributed by atoms with Crippen LogP contribution in [0.25, 0.3) is 6.08 Å². The van der Waals surface area contributed by atoms with Crippen molar-refractivity contribution in [3.8, 4) is 11.5 Å². The monoisotopic (exact) mass is 496 g/mol. The van der Waals surface area contributed by atoms with Gasteiger partial charge in [-0.3, -0.25) is 24.6 Å². The van der Waals surface area contributed by atoms with Crippen LogP contribution in [0.3, 0.4) is 0 Å². The maximum atomic E-state index is 12.9. The highest BCUT2D eigenvalue weighted by Gasteiger charge is 2.36. The Morgan fingerprint density at radius 2 is 1.89 bits per heavy atom. The Balaban J connectivity index is 1.47. The van der Waals surface area contributed by atoms with E-state index >= 15 is 0 Å². The molecule has 2 aromatic carbocycles. The maximum absolute atomic E-state index is 12.9. The van der Waals surface area contributed by atoms with Gasteiger partial charge in [0.1, 0.15) is 6.61 Å². The second-order valence-corrected chi connectivity index (χ2v) is 9.64. The van der Waals surface area contributed by atoms with E-state index in [1.54, 1.807) is 36.4 Å². The Labute approximate surface area is 208 Å². The normalized spacial score (nSPS) is 17.7. The van der Waals surface area contributed by atoms with Gasteiger partial charge in [0.15, 0.2) is 11.5 Å². The summed E-state index contributed by atoms with van der Waals surface area (Å²) in [5, 5.41) is 10.8. The van der Waals surface area contributed by atoms with Crippen molar-refractivity contribution in [2.45, 2.75) is 45.6 Å². The Morgan fingerprint density at radius 1 is 1.09 bits per heavy atom. The van der Waals surface area contributed by atoms with Gasteiger partial charge in [0.25, 0.3) is 16.8 Å². The van der Waals surface area contributed by atoms with Crippen LogP contribution in [-0.4, -0.2) is 34.1 Å². The first kappa shape index (κ1) is 24.8. The van der Waals surface area contributed by atoms with Crippen LogP contribution in [0, 0.1) is 16.0 Å². The fourth-order valence-electron chi connectivity index (χ4n) is 4.36. The van der Waals surface area contributed by atoms with Crippen molar-refractivity contribution in [2.75, 3.05) is 13.2 Å². The molecule has 1 heterocycles. The van der Waals surface area contributed by atoms with Gasteiger partial charge >= 0.3 is 0 Å². The van der Waals surface area contributed by atoms with Gasteiger partial charge in [-0.1, -0.05) is 37.5 Å². The molecule has 0 aromatic heterocycles. The predicted octanol–water partition coefficient (Wildman–Crippen LogP) is 6.19. The first-order valence-corrected chi connectivity index (χ1v) is 12.6. The summed E-state index contributed by atoms with van der Waals surface area (Å²) < 4.78 is 11.6. The van der Waals surface area contributed by atoms with E-state index < -0.39 is 4.92 Å². The predicted molar refractivity (Wildman–Crippen MR) is 134 cm³/mol. The van der Waals surface area contributed by atoms with Crippen LogP contribution in [0.2, 0.25) is 0 Å². The number of benzene rings is 2. The minimum absolute atomic E-state index is 0.00362. The molecule has 0 spiro atoms. The highest BCUT2D eigenvalue weighted by atomic mass is 32.2. The number of thioether (sulfide) groups is 1. The Morgan fingerprint density at radius 3 is 2.63 bits per heavy atom. The van der Waals surface area contributed by atoms with E-state index in [9.17, 15) is 19.7 Å². The number of hydrogen-bond acceptors (Lipinski definition) is 7. The largest absolute Gasteiger partial charge is 0.490 e. The topological polar surface area (TPSA) is 99.0 Å². The quantitative estimate of drug-likeness (QED) is 0.232. The minimum atomic E-state index is -0.444. The van der Waals surface area contributed by atoms with Crippen molar-refractivity contribution >= 4 is 34.7 Å². The average molecular weight is 497 g/mol. The molecule has 2 aromatic rings. The van der Waals surface area contributed by atoms with Crippen LogP contribution in [0.1, 0.15) is 50.2 Å². The van der Waals surface area contributed by atoms with Crippen LogP contribution in [0.5, 0.6) is 11.5 Å². The van der Waals surface area contributed by atoms with Gasteiger partial charge in [0, 0.05) is 18.7 Å². The summed E-state index contributed by atoms with van der Waals surface area (Å²) in [6.45, 7) is 2.90. The zero-order chi connectivity index (χ0) is 24.8. The summed E-state index contributed by atoms with van der Waals surface area (Å²) in [5.74, 6) is 1.13. The number of nitrogens with zero attached hydrogens (tertiary/aromatic N) is 2. The lowest BCUT2D eigenvalue weighted by atomic mass is 9.89. The molecule has 8 nitrogen and oxygen atoms in total. The number of non-ortho nitro benzene ring substituents is 1. The third-order valence-electron chi connectivity index (χ3n) is 6.12. The highest BCUT2D eigenvalue weighted by molar-refractivity contribution is 8.18. The highest BCUT2D eigenvalue weighted by Crippen LogP contribution is 2.36. The molecule has 2 fully saturated rings. The van der Waals surface area contributed by atoms with E-state index in [4.69, 9.17) is 9.47 Å². The lowest BCUT2D eigenvalue weighted by Crippen LogP contribution is -2.34. The fraction of sp³-hybridized carbons (Fsp3) is 0.385. The molecule has 1 aliphatic heterocycles. The van der Waals surface area contributed by atoms with Gasteiger partial charge in [-0.05, 0) is 66.8 Å². The molecule has 2 amide bonds. The van der Waals surface area contributed by atoms with Crippen molar-refractivity contribution in [1.29, 1.82) is 0 Å². The molecule has 0 unspecified atom stereocenters. The van der Waals surface area contributed by atoms with Crippen molar-refractivity contribution in [3.05, 3.63) is 68.6 Å². The van der Waals surface area contributed by atoms with Gasteiger partial charge in [-0.2, -0.15) is 0 Å². The zero-order valence-corrected chi connectivity index (χ0v) is 20.4. The molecule has 184 valence electrons. The van der Waals surface area contributed by atoms with E-state index in [1.807, 2.05) is 6.92 Å². The summed E-state index contributed by atoms with van der Waals surface area (Å²) in [6.07, 6.45) is 7.38. The van der Waals surface area contributed by atoms with Gasteiger partial charge < -0.3 is 9.47 Å². The van der Waals surface area contributed by atoms with Gasteiger partial charge in [0.2, 0.25) is 0 Å². The molecule has 1 aliphatic carbocycles. The van der Waals surface area contributed by atoms with Crippen LogP contribution in [0.4, 0.5) is 10.5 Å². The van der Waals surface area contributed by atoms with Crippen LogP contribution < -0.4 is 9.47 Å². The number of nitro groups is 1. The molecule has 0 N–H and O–H groups in total. The zero-order valence-electron chi connectivity index (χ0n) is 19.6. The summed E-state index contributed by atoms with van der Waals surface area (Å²) in [4.78, 5) is 37.8. The molecule has 0 atom stereocenters. The third-order valence-corrected chi connectivity index (χ3v) is 7.03. The lowest BCUT2D eigenvalue weighted by Gasteiger charge is -2.25. The SMILES string of the molecule is CCOc1cc(/C=C2/SC(=O)N(CC3CCCCC3)C2=O)ccc1OCc1cccc([N+](=O)[O-])c1. The van der Waals surface area contributed by atoms with E-state index in [0.29, 0.717) is 41.0 Å². The summed E-state index contributed by atoms with van der Waals surface area (Å²) in [6, 6.07) is 11.6. The molecule has 2 aliphatic rings. The third kappa shape index (κ3) is 6.22. The van der Waals surface area contributed by atoms with Crippen LogP contribution in [0.15, 0.2) is 47.4 Å². The van der Waals surface area contributed by atoms with E-state index in [0.717, 1.165) is 43.0 Å². The Hall–Kier alpha value is -3.33. The lowest BCUT2D eigenvalue weighted by molar-refractivity contribution is -0.384. The van der Waals surface area contributed by atoms with Crippen LogP contribution >= 0.6 is 11.8 Å². The average Bonchev–Trinajstić information content (AvgIpc) is 3.12. The van der Waals surface area contributed by atoms with Gasteiger partial charge in [-0.25, -0.2) is 0 Å². The fourth-order valence-corrected chi connectivity index (χ4v) is 5.21. The number of carbonyl (C=O) groups excluding carboxylic acids is 2. The molecular formula is C26H28N2O6S. The molecule has 0 bridgehead atoms. The number of hydrogen-bond donors (Lipinski definition) is 0. The molecule has 1 saturated carbocycles. The summed E-state index contributed by atoms with van der Waals surface area (Å²) >= 11 is 0.971. The smallest absolute Gasteiger partial charge is 0.293 e. The molecule has 9 heteroatoms. The number of amides is 2. The number of carbonyl (C=O) groups is 2. The second-order valence-electron chi connectivity index (χ2n) is 8.65. The van der Waals surface area contributed by atoms with Gasteiger partial charge in [0.05, 0.1) is 16.4 Å². The van der Waals surface area contributed by atoms with E-state index in [1.165, 1.54) is 23.5 Å². The first-order chi connectivity index (χ1) is 16.9. The van der Waals surface area contributed by atoms with E-state index in [2.05, 4.69) is 0 Å². The van der Waals surface area contributed by atoms with Gasteiger partial charge in [-0.15, -0.1) is 0 Å². The molecule has 4 rings (SSSR count). The summed E-state index contributed by atoms with van der Waals surface area (Å²) in [7, 11) is 0. The van der Waals surface area contributed by atoms with Crippen molar-refractivity contribution in [3.63, 3.8) is 0 Å². The minimum Gasteiger partial charge on any atom is -0.490 e. The van der Waals surface area contributed by atoms with E-state index in [-0.39, 0.29) is 23.4 Å². The first-order valence-electron chi connectivity index (χ1n) is 11.8. The number of rotatable bonds is 9. The van der Waals surface area contributed by atoms with Crippen LogP contribution in [-0.2, 0) is 11.4 Å². The molecule has 35 heavy (non-hydrogen) atoms. The standard InChI is InChI=1S/C26H28N2O6S/c1-2-33-23-14-19(11-12-22(23)34-17-20-9-6-10-21(13-20)28(31)32)15-24-25(29)27(26(30)35-24)16-18-7-4-3-5-8-18/h6,9-15,18H,2-5,7-8,16-17H2,1H3/b24-15+. The Kier molecular flexibility index (Phi) is 8.07.